The molecule has 0 fully saturated rings. The van der Waals surface area contributed by atoms with Gasteiger partial charge in [-0.25, -0.2) is 0 Å². The Morgan fingerprint density at radius 2 is 1.31 bits per heavy atom. The summed E-state index contributed by atoms with van der Waals surface area (Å²) in [5.74, 6) is 0.316. The van der Waals surface area contributed by atoms with Gasteiger partial charge in [-0.3, -0.25) is 0 Å². The molecule has 0 spiro atoms. The fourth-order valence-corrected chi connectivity index (χ4v) is 1.34. The van der Waals surface area contributed by atoms with Crippen LogP contribution in [0.4, 0.5) is 0 Å². The zero-order valence-corrected chi connectivity index (χ0v) is 19.6. The first-order chi connectivity index (χ1) is 6.86. The van der Waals surface area contributed by atoms with E-state index in [1.165, 1.54) is 0 Å². The maximum atomic E-state index is 9.54. The molecule has 0 unspecified atom stereocenters. The third-order valence-electron chi connectivity index (χ3n) is 2.06. The summed E-state index contributed by atoms with van der Waals surface area (Å²) in [4.78, 5) is 0. The van der Waals surface area contributed by atoms with Gasteiger partial charge >= 0.3 is 116 Å². The molecule has 0 atom stereocenters. The van der Waals surface area contributed by atoms with Crippen LogP contribution < -0.4 is 116 Å². The van der Waals surface area contributed by atoms with E-state index in [4.69, 9.17) is 0 Å². The smallest absolute Gasteiger partial charge is 0.542 e. The zero-order chi connectivity index (χ0) is 9.80. The van der Waals surface area contributed by atoms with Gasteiger partial charge in [-0.1, -0.05) is 42.0 Å². The van der Waals surface area contributed by atoms with Crippen molar-refractivity contribution in [3.8, 4) is 5.75 Å². The van der Waals surface area contributed by atoms with Crippen LogP contribution in [0.1, 0.15) is 11.1 Å². The Bertz CT molecular complexity index is 415. The first-order valence-corrected chi connectivity index (χ1v) is 4.54. The maximum Gasteiger partial charge on any atom is 1.00 e. The van der Waals surface area contributed by atoms with Gasteiger partial charge < -0.3 is 5.11 Å². The number of benzene rings is 2. The second-order valence-corrected chi connectivity index (χ2v) is 3.11. The Morgan fingerprint density at radius 1 is 0.750 bits per heavy atom. The standard InChI is InChI=1S/C13H11O.2Rb/c14-13-9-5-4-8-12(13)10-11-6-2-1-3-7-11;;/h1-10,14H;;/q-1;2*+1. The van der Waals surface area contributed by atoms with E-state index in [2.05, 4.69) is 0 Å². The van der Waals surface area contributed by atoms with Crippen molar-refractivity contribution in [3.05, 3.63) is 72.1 Å². The van der Waals surface area contributed by atoms with Crippen molar-refractivity contribution < 1.29 is 121 Å². The molecule has 2 aromatic rings. The topological polar surface area (TPSA) is 20.2 Å². The molecule has 0 aliphatic heterocycles. The summed E-state index contributed by atoms with van der Waals surface area (Å²) in [5.41, 5.74) is 1.94. The van der Waals surface area contributed by atoms with Crippen molar-refractivity contribution in [1.29, 1.82) is 0 Å². The SMILES string of the molecule is Oc1ccccc1[CH-]c1ccccc1.[Rb+].[Rb+]. The molecule has 16 heavy (non-hydrogen) atoms. The van der Waals surface area contributed by atoms with Crippen molar-refractivity contribution >= 4 is 0 Å². The Labute approximate surface area is 194 Å². The first kappa shape index (κ1) is 17.7. The third kappa shape index (κ3) is 5.57. The van der Waals surface area contributed by atoms with Crippen molar-refractivity contribution in [2.24, 2.45) is 0 Å². The number of para-hydroxylation sites is 1. The molecule has 0 aliphatic carbocycles. The predicted molar refractivity (Wildman–Crippen MR) is 57.1 cm³/mol. The van der Waals surface area contributed by atoms with E-state index in [-0.39, 0.29) is 116 Å². The van der Waals surface area contributed by atoms with E-state index in [1.807, 2.05) is 55.0 Å². The van der Waals surface area contributed by atoms with E-state index >= 15 is 0 Å². The summed E-state index contributed by atoms with van der Waals surface area (Å²) in [6.07, 6.45) is 1.95. The molecule has 0 bridgehead atoms. The summed E-state index contributed by atoms with van der Waals surface area (Å²) in [7, 11) is 0. The molecule has 0 aliphatic rings. The molecule has 2 aromatic carbocycles. The fraction of sp³-hybridized carbons (Fsp3) is 0. The average Bonchev–Trinajstić information content (AvgIpc) is 2.23. The van der Waals surface area contributed by atoms with Crippen LogP contribution in [0, 0.1) is 6.42 Å². The monoisotopic (exact) mass is 353 g/mol. The average molecular weight is 354 g/mol. The molecular weight excluding hydrogens is 343 g/mol. The number of phenols is 1. The summed E-state index contributed by atoms with van der Waals surface area (Å²) >= 11 is 0. The molecule has 3 heteroatoms. The molecule has 0 amide bonds. The Kier molecular flexibility index (Phi) is 10.7. The van der Waals surface area contributed by atoms with Gasteiger partial charge in [0.2, 0.25) is 0 Å². The van der Waals surface area contributed by atoms with E-state index in [1.54, 1.807) is 6.07 Å². The number of phenolic OH excluding ortho intramolecular Hbond substituents is 1. The van der Waals surface area contributed by atoms with Crippen molar-refractivity contribution in [2.45, 2.75) is 0 Å². The summed E-state index contributed by atoms with van der Waals surface area (Å²) in [6.45, 7) is 0. The van der Waals surface area contributed by atoms with E-state index < -0.39 is 0 Å². The minimum atomic E-state index is 0. The van der Waals surface area contributed by atoms with Gasteiger partial charge in [-0.15, -0.1) is 30.2 Å². The molecule has 0 saturated carbocycles. The van der Waals surface area contributed by atoms with E-state index in [9.17, 15) is 5.11 Å². The molecule has 0 heterocycles. The zero-order valence-electron chi connectivity index (χ0n) is 9.72. The molecular formula is C13H11ORb2+. The van der Waals surface area contributed by atoms with Crippen LogP contribution in [-0.2, 0) is 0 Å². The third-order valence-corrected chi connectivity index (χ3v) is 2.06. The first-order valence-electron chi connectivity index (χ1n) is 4.54. The van der Waals surface area contributed by atoms with Crippen LogP contribution in [0.5, 0.6) is 5.75 Å². The van der Waals surface area contributed by atoms with Gasteiger partial charge in [-0.2, -0.15) is 0 Å². The number of rotatable bonds is 2. The molecule has 70 valence electrons. The molecule has 2 rings (SSSR count). The molecule has 1 N–H and O–H groups in total. The Balaban J connectivity index is 0.00000112. The number of hydrogen-bond acceptors (Lipinski definition) is 1. The van der Waals surface area contributed by atoms with Crippen LogP contribution in [0.2, 0.25) is 0 Å². The minimum Gasteiger partial charge on any atom is -0.542 e. The molecule has 0 saturated heterocycles. The quantitative estimate of drug-likeness (QED) is 0.571. The van der Waals surface area contributed by atoms with Crippen molar-refractivity contribution in [1.82, 2.24) is 0 Å². The van der Waals surface area contributed by atoms with Crippen LogP contribution in [0.3, 0.4) is 0 Å². The van der Waals surface area contributed by atoms with Gasteiger partial charge in [0.1, 0.15) is 0 Å². The van der Waals surface area contributed by atoms with Crippen LogP contribution in [-0.4, -0.2) is 5.11 Å². The number of hydrogen-bond donors (Lipinski definition) is 1. The summed E-state index contributed by atoms with van der Waals surface area (Å²) in [6, 6.07) is 17.3. The van der Waals surface area contributed by atoms with Crippen molar-refractivity contribution in [2.75, 3.05) is 0 Å². The van der Waals surface area contributed by atoms with Crippen LogP contribution >= 0.6 is 0 Å². The van der Waals surface area contributed by atoms with Gasteiger partial charge in [0.05, 0.1) is 5.75 Å². The molecule has 0 aromatic heterocycles. The van der Waals surface area contributed by atoms with Gasteiger partial charge in [0.25, 0.3) is 0 Å². The van der Waals surface area contributed by atoms with Gasteiger partial charge in [0, 0.05) is 0 Å². The fourth-order valence-electron chi connectivity index (χ4n) is 1.34. The number of aromatic hydroxyl groups is 1. The molecule has 1 nitrogen and oxygen atoms in total. The summed E-state index contributed by atoms with van der Waals surface area (Å²) < 4.78 is 0. The van der Waals surface area contributed by atoms with E-state index in [0.29, 0.717) is 5.75 Å². The van der Waals surface area contributed by atoms with Crippen molar-refractivity contribution in [3.63, 3.8) is 0 Å². The van der Waals surface area contributed by atoms with Gasteiger partial charge in [0.15, 0.2) is 0 Å². The molecule has 0 radical (unpaired) electrons. The largest absolute Gasteiger partial charge is 1.00 e. The van der Waals surface area contributed by atoms with Crippen LogP contribution in [0.15, 0.2) is 54.6 Å². The van der Waals surface area contributed by atoms with Crippen LogP contribution in [0.25, 0.3) is 0 Å². The predicted octanol–water partition coefficient (Wildman–Crippen LogP) is -3.00. The van der Waals surface area contributed by atoms with Gasteiger partial charge in [-0.05, 0) is 0 Å². The van der Waals surface area contributed by atoms with E-state index in [0.717, 1.165) is 11.1 Å². The Morgan fingerprint density at radius 3 is 1.94 bits per heavy atom. The maximum absolute atomic E-state index is 9.54. The Hall–Kier alpha value is 1.72. The normalized spacial score (nSPS) is 8.50. The second-order valence-electron chi connectivity index (χ2n) is 3.11. The second kappa shape index (κ2) is 9.62. The minimum absolute atomic E-state index is 0. The summed E-state index contributed by atoms with van der Waals surface area (Å²) in [5, 5.41) is 9.54.